The molecule has 6 nitrogen and oxygen atoms in total. The zero-order valence-corrected chi connectivity index (χ0v) is 13.3. The third kappa shape index (κ3) is 4.61. The molecule has 1 aromatic carbocycles. The summed E-state index contributed by atoms with van der Waals surface area (Å²) in [6.07, 6.45) is -0.283. The molecule has 1 aliphatic rings. The SMILES string of the molecule is COC(=O)N1CCN(CCNC(=O)c2cccc(Cl)c2)CC1. The molecule has 1 N–H and O–H groups in total. The van der Waals surface area contributed by atoms with E-state index in [0.717, 1.165) is 19.6 Å². The van der Waals surface area contributed by atoms with Gasteiger partial charge in [-0.05, 0) is 18.2 Å². The molecule has 0 saturated carbocycles. The average Bonchev–Trinajstić information content (AvgIpc) is 2.54. The standard InChI is InChI=1S/C15H20ClN3O3/c1-22-15(21)19-9-7-18(8-10-19)6-5-17-14(20)12-3-2-4-13(16)11-12/h2-4,11H,5-10H2,1H3,(H,17,20). The van der Waals surface area contributed by atoms with E-state index in [2.05, 4.69) is 10.2 Å². The van der Waals surface area contributed by atoms with Gasteiger partial charge in [0.2, 0.25) is 0 Å². The first kappa shape index (κ1) is 16.6. The van der Waals surface area contributed by atoms with Crippen molar-refractivity contribution in [2.24, 2.45) is 0 Å². The van der Waals surface area contributed by atoms with Gasteiger partial charge in [-0.2, -0.15) is 0 Å². The van der Waals surface area contributed by atoms with Crippen LogP contribution in [-0.4, -0.2) is 68.2 Å². The van der Waals surface area contributed by atoms with Crippen LogP contribution < -0.4 is 5.32 Å². The van der Waals surface area contributed by atoms with E-state index in [-0.39, 0.29) is 12.0 Å². The van der Waals surface area contributed by atoms with Gasteiger partial charge < -0.3 is 15.0 Å². The van der Waals surface area contributed by atoms with Crippen molar-refractivity contribution in [2.45, 2.75) is 0 Å². The van der Waals surface area contributed by atoms with Crippen molar-refractivity contribution in [3.8, 4) is 0 Å². The monoisotopic (exact) mass is 325 g/mol. The lowest BCUT2D eigenvalue weighted by Gasteiger charge is -2.33. The molecule has 0 radical (unpaired) electrons. The summed E-state index contributed by atoms with van der Waals surface area (Å²) in [7, 11) is 1.39. The van der Waals surface area contributed by atoms with E-state index in [1.165, 1.54) is 7.11 Å². The van der Waals surface area contributed by atoms with Gasteiger partial charge in [0.25, 0.3) is 5.91 Å². The smallest absolute Gasteiger partial charge is 0.409 e. The van der Waals surface area contributed by atoms with Gasteiger partial charge in [-0.15, -0.1) is 0 Å². The van der Waals surface area contributed by atoms with Crippen LogP contribution in [0.1, 0.15) is 10.4 Å². The van der Waals surface area contributed by atoms with Gasteiger partial charge in [-0.3, -0.25) is 9.69 Å². The maximum Gasteiger partial charge on any atom is 0.409 e. The van der Waals surface area contributed by atoms with Crippen molar-refractivity contribution >= 4 is 23.6 Å². The largest absolute Gasteiger partial charge is 0.453 e. The number of nitrogens with one attached hydrogen (secondary N) is 1. The van der Waals surface area contributed by atoms with Crippen molar-refractivity contribution in [1.82, 2.24) is 15.1 Å². The molecular formula is C15H20ClN3O3. The van der Waals surface area contributed by atoms with Crippen LogP contribution >= 0.6 is 11.6 Å². The fourth-order valence-electron chi connectivity index (χ4n) is 2.34. The second-order valence-electron chi connectivity index (χ2n) is 5.06. The normalized spacial score (nSPS) is 15.5. The van der Waals surface area contributed by atoms with Crippen molar-refractivity contribution in [2.75, 3.05) is 46.4 Å². The molecule has 0 aliphatic carbocycles. The van der Waals surface area contributed by atoms with Gasteiger partial charge in [0.1, 0.15) is 0 Å². The third-order valence-corrected chi connectivity index (χ3v) is 3.84. The predicted octanol–water partition coefficient (Wildman–Crippen LogP) is 1.45. The number of ether oxygens (including phenoxy) is 1. The van der Waals surface area contributed by atoms with E-state index < -0.39 is 0 Å². The van der Waals surface area contributed by atoms with E-state index in [4.69, 9.17) is 16.3 Å². The molecule has 0 aromatic heterocycles. The highest BCUT2D eigenvalue weighted by Gasteiger charge is 2.21. The number of halogens is 1. The molecule has 1 fully saturated rings. The Balaban J connectivity index is 1.69. The molecular weight excluding hydrogens is 306 g/mol. The molecule has 0 bridgehead atoms. The summed E-state index contributed by atoms with van der Waals surface area (Å²) < 4.78 is 4.70. The number of piperazine rings is 1. The Morgan fingerprint density at radius 1 is 1.27 bits per heavy atom. The summed E-state index contributed by atoms with van der Waals surface area (Å²) >= 11 is 5.87. The van der Waals surface area contributed by atoms with Gasteiger partial charge >= 0.3 is 6.09 Å². The average molecular weight is 326 g/mol. The van der Waals surface area contributed by atoms with Crippen LogP contribution in [0.3, 0.4) is 0 Å². The van der Waals surface area contributed by atoms with Crippen LogP contribution in [0.2, 0.25) is 5.02 Å². The summed E-state index contributed by atoms with van der Waals surface area (Å²) in [4.78, 5) is 27.2. The Morgan fingerprint density at radius 2 is 2.00 bits per heavy atom. The summed E-state index contributed by atoms with van der Waals surface area (Å²) in [5, 5.41) is 3.42. The zero-order chi connectivity index (χ0) is 15.9. The van der Waals surface area contributed by atoms with Gasteiger partial charge in [0.15, 0.2) is 0 Å². The Labute approximate surface area is 135 Å². The van der Waals surface area contributed by atoms with E-state index in [1.807, 2.05) is 0 Å². The van der Waals surface area contributed by atoms with Crippen molar-refractivity contribution < 1.29 is 14.3 Å². The lowest BCUT2D eigenvalue weighted by atomic mass is 10.2. The van der Waals surface area contributed by atoms with Gasteiger partial charge in [0, 0.05) is 49.9 Å². The molecule has 120 valence electrons. The van der Waals surface area contributed by atoms with Crippen LogP contribution in [0.25, 0.3) is 0 Å². The summed E-state index contributed by atoms with van der Waals surface area (Å²) in [5.74, 6) is -0.129. The van der Waals surface area contributed by atoms with Crippen LogP contribution in [0.4, 0.5) is 4.79 Å². The van der Waals surface area contributed by atoms with E-state index in [9.17, 15) is 9.59 Å². The number of hydrogen-bond acceptors (Lipinski definition) is 4. The van der Waals surface area contributed by atoms with Crippen LogP contribution in [-0.2, 0) is 4.74 Å². The number of benzene rings is 1. The van der Waals surface area contributed by atoms with Gasteiger partial charge in [0.05, 0.1) is 7.11 Å². The number of rotatable bonds is 4. The number of carbonyl (C=O) groups excluding carboxylic acids is 2. The predicted molar refractivity (Wildman–Crippen MR) is 84.2 cm³/mol. The molecule has 1 aromatic rings. The van der Waals surface area contributed by atoms with Crippen LogP contribution in [0.5, 0.6) is 0 Å². The van der Waals surface area contributed by atoms with Crippen LogP contribution in [0.15, 0.2) is 24.3 Å². The van der Waals surface area contributed by atoms with Gasteiger partial charge in [-0.25, -0.2) is 4.79 Å². The third-order valence-electron chi connectivity index (χ3n) is 3.61. The second kappa shape index (κ2) is 8.00. The second-order valence-corrected chi connectivity index (χ2v) is 5.50. The summed E-state index contributed by atoms with van der Waals surface area (Å²) in [6.45, 7) is 4.17. The van der Waals surface area contributed by atoms with Gasteiger partial charge in [-0.1, -0.05) is 17.7 Å². The Kier molecular flexibility index (Phi) is 6.03. The first-order valence-corrected chi connectivity index (χ1v) is 7.57. The number of carbonyl (C=O) groups is 2. The molecule has 0 atom stereocenters. The molecule has 1 aliphatic heterocycles. The first-order chi connectivity index (χ1) is 10.6. The number of amides is 2. The topological polar surface area (TPSA) is 61.9 Å². The quantitative estimate of drug-likeness (QED) is 0.910. The summed E-state index contributed by atoms with van der Waals surface area (Å²) in [5.41, 5.74) is 0.558. The Bertz CT molecular complexity index is 531. The number of hydrogen-bond donors (Lipinski definition) is 1. The maximum absolute atomic E-state index is 12.0. The fraction of sp³-hybridized carbons (Fsp3) is 0.467. The molecule has 0 spiro atoms. The molecule has 2 rings (SSSR count). The molecule has 0 unspecified atom stereocenters. The van der Waals surface area contributed by atoms with Crippen molar-refractivity contribution in [3.05, 3.63) is 34.9 Å². The number of methoxy groups -OCH3 is 1. The first-order valence-electron chi connectivity index (χ1n) is 7.19. The molecule has 7 heteroatoms. The lowest BCUT2D eigenvalue weighted by Crippen LogP contribution is -2.50. The van der Waals surface area contributed by atoms with Crippen molar-refractivity contribution in [3.63, 3.8) is 0 Å². The van der Waals surface area contributed by atoms with E-state index in [0.29, 0.717) is 30.2 Å². The number of nitrogens with zero attached hydrogens (tertiary/aromatic N) is 2. The zero-order valence-electron chi connectivity index (χ0n) is 12.5. The summed E-state index contributed by atoms with van der Waals surface area (Å²) in [6, 6.07) is 6.87. The molecule has 2 amide bonds. The Hall–Kier alpha value is -1.79. The Morgan fingerprint density at radius 3 is 2.64 bits per heavy atom. The van der Waals surface area contributed by atoms with Crippen molar-refractivity contribution in [1.29, 1.82) is 0 Å². The lowest BCUT2D eigenvalue weighted by molar-refractivity contribution is 0.0885. The van der Waals surface area contributed by atoms with E-state index in [1.54, 1.807) is 29.2 Å². The highest BCUT2D eigenvalue weighted by atomic mass is 35.5. The molecule has 1 heterocycles. The maximum atomic E-state index is 12.0. The fourth-order valence-corrected chi connectivity index (χ4v) is 2.53. The molecule has 22 heavy (non-hydrogen) atoms. The highest BCUT2D eigenvalue weighted by Crippen LogP contribution is 2.10. The van der Waals surface area contributed by atoms with Crippen LogP contribution in [0, 0.1) is 0 Å². The van der Waals surface area contributed by atoms with E-state index >= 15 is 0 Å². The minimum atomic E-state index is -0.283. The highest BCUT2D eigenvalue weighted by molar-refractivity contribution is 6.30. The minimum absolute atomic E-state index is 0.129. The molecule has 1 saturated heterocycles. The minimum Gasteiger partial charge on any atom is -0.453 e.